The van der Waals surface area contributed by atoms with Crippen LogP contribution in [0.4, 0.5) is 0 Å². The van der Waals surface area contributed by atoms with Crippen molar-refractivity contribution in [3.8, 4) is 0 Å². The molecular weight excluding hydrogens is 236 g/mol. The van der Waals surface area contributed by atoms with Gasteiger partial charge < -0.3 is 5.32 Å². The van der Waals surface area contributed by atoms with Gasteiger partial charge in [0.1, 0.15) is 0 Å². The van der Waals surface area contributed by atoms with Crippen LogP contribution < -0.4 is 5.32 Å². The first-order valence-corrected chi connectivity index (χ1v) is 7.54. The summed E-state index contributed by atoms with van der Waals surface area (Å²) in [7, 11) is 1.99. The van der Waals surface area contributed by atoms with Crippen molar-refractivity contribution in [2.45, 2.75) is 52.2 Å². The first kappa shape index (κ1) is 14.5. The van der Waals surface area contributed by atoms with E-state index >= 15 is 0 Å². The number of rotatable bonds is 5. The monoisotopic (exact) mass is 264 g/mol. The number of nitrogens with one attached hydrogen (secondary N) is 1. The summed E-state index contributed by atoms with van der Waals surface area (Å²) >= 11 is 0. The third-order valence-electron chi connectivity index (χ3n) is 3.97. The largest absolute Gasteiger partial charge is 0.311 e. The number of nitrogens with zero attached hydrogens (tertiary/aromatic N) is 3. The maximum absolute atomic E-state index is 4.51. The molecule has 1 aliphatic rings. The summed E-state index contributed by atoms with van der Waals surface area (Å²) in [4.78, 5) is 2.60. The third kappa shape index (κ3) is 4.05. The Labute approximate surface area is 117 Å². The van der Waals surface area contributed by atoms with E-state index < -0.39 is 0 Å². The smallest absolute Gasteiger partial charge is 0.0764 e. The van der Waals surface area contributed by atoms with Crippen LogP contribution in [0.1, 0.15) is 39.3 Å². The maximum Gasteiger partial charge on any atom is 0.0764 e. The van der Waals surface area contributed by atoms with Crippen molar-refractivity contribution >= 4 is 0 Å². The number of hydrogen-bond acceptors (Lipinski definition) is 3. The molecule has 0 aliphatic carbocycles. The predicted octanol–water partition coefficient (Wildman–Crippen LogP) is 2.02. The van der Waals surface area contributed by atoms with E-state index in [0.717, 1.165) is 25.6 Å². The van der Waals surface area contributed by atoms with Crippen molar-refractivity contribution in [1.82, 2.24) is 20.0 Å². The fourth-order valence-corrected chi connectivity index (χ4v) is 3.01. The van der Waals surface area contributed by atoms with Gasteiger partial charge in [0.15, 0.2) is 0 Å². The number of aryl methyl sites for hydroxylation is 1. The van der Waals surface area contributed by atoms with E-state index in [2.05, 4.69) is 42.2 Å². The Bertz CT molecular complexity index is 385. The molecule has 0 spiro atoms. The Morgan fingerprint density at radius 2 is 2.26 bits per heavy atom. The van der Waals surface area contributed by atoms with Crippen molar-refractivity contribution in [3.05, 3.63) is 18.0 Å². The standard InChI is InChI=1S/C15H28N4/c1-5-15-9-16-14(8-12(2)3)11-19(15)10-13-6-7-18(4)17-13/h6-7,12,14-16H,5,8-11H2,1-4H3. The fourth-order valence-electron chi connectivity index (χ4n) is 3.01. The molecule has 4 heteroatoms. The Kier molecular flexibility index (Phi) is 4.99. The first-order chi connectivity index (χ1) is 9.08. The lowest BCUT2D eigenvalue weighted by Gasteiger charge is -2.40. The number of piperazine rings is 1. The molecule has 0 aromatic carbocycles. The summed E-state index contributed by atoms with van der Waals surface area (Å²) in [5.41, 5.74) is 1.19. The molecule has 2 heterocycles. The second-order valence-corrected chi connectivity index (χ2v) is 6.21. The summed E-state index contributed by atoms with van der Waals surface area (Å²) < 4.78 is 1.89. The first-order valence-electron chi connectivity index (χ1n) is 7.54. The van der Waals surface area contributed by atoms with Crippen LogP contribution in [-0.2, 0) is 13.6 Å². The molecule has 1 aromatic heterocycles. The van der Waals surface area contributed by atoms with Crippen molar-refractivity contribution in [2.75, 3.05) is 13.1 Å². The minimum absolute atomic E-state index is 0.631. The molecule has 1 aromatic rings. The van der Waals surface area contributed by atoms with Gasteiger partial charge in [0.05, 0.1) is 5.69 Å². The Morgan fingerprint density at radius 3 is 2.84 bits per heavy atom. The summed E-state index contributed by atoms with van der Waals surface area (Å²) in [6.45, 7) is 10.1. The number of hydrogen-bond donors (Lipinski definition) is 1. The van der Waals surface area contributed by atoms with E-state index in [4.69, 9.17) is 0 Å². The molecule has 1 aliphatic heterocycles. The van der Waals surface area contributed by atoms with Crippen LogP contribution in [0.3, 0.4) is 0 Å². The van der Waals surface area contributed by atoms with Crippen molar-refractivity contribution in [1.29, 1.82) is 0 Å². The van der Waals surface area contributed by atoms with Gasteiger partial charge in [0, 0.05) is 45.0 Å². The van der Waals surface area contributed by atoms with Crippen LogP contribution in [0.5, 0.6) is 0 Å². The van der Waals surface area contributed by atoms with Gasteiger partial charge in [-0.25, -0.2) is 0 Å². The van der Waals surface area contributed by atoms with E-state index in [1.54, 1.807) is 0 Å². The normalized spacial score (nSPS) is 25.1. The SMILES string of the molecule is CCC1CNC(CC(C)C)CN1Cc1ccn(C)n1. The molecule has 4 nitrogen and oxygen atoms in total. The second kappa shape index (κ2) is 6.53. The van der Waals surface area contributed by atoms with Crippen molar-refractivity contribution in [2.24, 2.45) is 13.0 Å². The van der Waals surface area contributed by atoms with E-state index in [1.165, 1.54) is 18.5 Å². The Morgan fingerprint density at radius 1 is 1.47 bits per heavy atom. The molecule has 19 heavy (non-hydrogen) atoms. The molecule has 2 rings (SSSR count). The molecule has 2 atom stereocenters. The Hall–Kier alpha value is -0.870. The highest BCUT2D eigenvalue weighted by molar-refractivity contribution is 5.00. The van der Waals surface area contributed by atoms with Gasteiger partial charge in [0.25, 0.3) is 0 Å². The second-order valence-electron chi connectivity index (χ2n) is 6.21. The van der Waals surface area contributed by atoms with E-state index in [-0.39, 0.29) is 0 Å². The summed E-state index contributed by atoms with van der Waals surface area (Å²) in [5.74, 6) is 0.757. The van der Waals surface area contributed by atoms with Gasteiger partial charge in [-0.1, -0.05) is 20.8 Å². The lowest BCUT2D eigenvalue weighted by Crippen LogP contribution is -2.56. The molecule has 1 N–H and O–H groups in total. The number of aromatic nitrogens is 2. The molecule has 0 saturated carbocycles. The topological polar surface area (TPSA) is 33.1 Å². The summed E-state index contributed by atoms with van der Waals surface area (Å²) in [6.07, 6.45) is 4.49. The van der Waals surface area contributed by atoms with Crippen LogP contribution in [0, 0.1) is 5.92 Å². The van der Waals surface area contributed by atoms with Gasteiger partial charge >= 0.3 is 0 Å². The highest BCUT2D eigenvalue weighted by atomic mass is 15.3. The van der Waals surface area contributed by atoms with Gasteiger partial charge in [-0.3, -0.25) is 9.58 Å². The minimum Gasteiger partial charge on any atom is -0.311 e. The van der Waals surface area contributed by atoms with Gasteiger partial charge in [-0.15, -0.1) is 0 Å². The highest BCUT2D eigenvalue weighted by Crippen LogP contribution is 2.17. The molecule has 1 fully saturated rings. The zero-order chi connectivity index (χ0) is 13.8. The average molecular weight is 264 g/mol. The van der Waals surface area contributed by atoms with Crippen LogP contribution in [0.25, 0.3) is 0 Å². The molecule has 0 radical (unpaired) electrons. The summed E-state index contributed by atoms with van der Waals surface area (Å²) in [6, 6.07) is 3.41. The highest BCUT2D eigenvalue weighted by Gasteiger charge is 2.27. The molecule has 0 bridgehead atoms. The van der Waals surface area contributed by atoms with Gasteiger partial charge in [-0.2, -0.15) is 5.10 Å². The van der Waals surface area contributed by atoms with Crippen LogP contribution >= 0.6 is 0 Å². The molecular formula is C15H28N4. The van der Waals surface area contributed by atoms with Crippen LogP contribution in [0.2, 0.25) is 0 Å². The van der Waals surface area contributed by atoms with Gasteiger partial charge in [-0.05, 0) is 24.8 Å². The molecule has 2 unspecified atom stereocenters. The quantitative estimate of drug-likeness (QED) is 0.883. The maximum atomic E-state index is 4.51. The van der Waals surface area contributed by atoms with E-state index in [1.807, 2.05) is 17.9 Å². The molecule has 108 valence electrons. The lowest BCUT2D eigenvalue weighted by molar-refractivity contribution is 0.110. The molecule has 1 saturated heterocycles. The summed E-state index contributed by atoms with van der Waals surface area (Å²) in [5, 5.41) is 8.22. The van der Waals surface area contributed by atoms with Crippen LogP contribution in [-0.4, -0.2) is 39.9 Å². The minimum atomic E-state index is 0.631. The fraction of sp³-hybridized carbons (Fsp3) is 0.800. The third-order valence-corrected chi connectivity index (χ3v) is 3.97. The lowest BCUT2D eigenvalue weighted by atomic mass is 9.99. The zero-order valence-corrected chi connectivity index (χ0v) is 12.8. The van der Waals surface area contributed by atoms with E-state index in [9.17, 15) is 0 Å². The van der Waals surface area contributed by atoms with Crippen molar-refractivity contribution < 1.29 is 0 Å². The average Bonchev–Trinajstić information content (AvgIpc) is 2.74. The van der Waals surface area contributed by atoms with Crippen molar-refractivity contribution in [3.63, 3.8) is 0 Å². The molecule has 0 amide bonds. The Balaban J connectivity index is 1.97. The van der Waals surface area contributed by atoms with Gasteiger partial charge in [0.2, 0.25) is 0 Å². The van der Waals surface area contributed by atoms with E-state index in [0.29, 0.717) is 12.1 Å². The predicted molar refractivity (Wildman–Crippen MR) is 78.9 cm³/mol. The zero-order valence-electron chi connectivity index (χ0n) is 12.8. The van der Waals surface area contributed by atoms with Crippen LogP contribution in [0.15, 0.2) is 12.3 Å².